The van der Waals surface area contributed by atoms with Gasteiger partial charge in [-0.1, -0.05) is 13.8 Å². The van der Waals surface area contributed by atoms with Crippen LogP contribution in [0.1, 0.15) is 26.7 Å². The zero-order valence-electron chi connectivity index (χ0n) is 13.3. The molecule has 4 unspecified atom stereocenters. The molecule has 0 saturated carbocycles. The van der Waals surface area contributed by atoms with Crippen LogP contribution in [0.4, 0.5) is 0 Å². The third kappa shape index (κ3) is 3.02. The maximum atomic E-state index is 6.18. The van der Waals surface area contributed by atoms with Crippen LogP contribution in [0.5, 0.6) is 0 Å². The first-order chi connectivity index (χ1) is 9.56. The molecule has 0 bridgehead atoms. The molecule has 2 rings (SSSR count). The predicted octanol–water partition coefficient (Wildman–Crippen LogP) is 0.865. The molecule has 0 aromatic heterocycles. The van der Waals surface area contributed by atoms with E-state index in [1.807, 2.05) is 0 Å². The van der Waals surface area contributed by atoms with Crippen LogP contribution in [0.25, 0.3) is 0 Å². The molecule has 2 aliphatic heterocycles. The molecule has 0 radical (unpaired) electrons. The third-order valence-corrected chi connectivity index (χ3v) is 5.10. The molecule has 2 heterocycles. The summed E-state index contributed by atoms with van der Waals surface area (Å²) in [5.41, 5.74) is 6.21. The summed E-state index contributed by atoms with van der Waals surface area (Å²) in [6, 6.07) is 0. The second kappa shape index (κ2) is 6.71. The first-order valence-corrected chi connectivity index (χ1v) is 7.68. The second-order valence-corrected chi connectivity index (χ2v) is 6.49. The van der Waals surface area contributed by atoms with Crippen molar-refractivity contribution >= 4 is 0 Å². The molecule has 2 saturated heterocycles. The van der Waals surface area contributed by atoms with Gasteiger partial charge in [0.1, 0.15) is 0 Å². The van der Waals surface area contributed by atoms with E-state index in [0.717, 1.165) is 32.5 Å². The Hall–Kier alpha value is -0.200. The molecule has 0 aromatic carbocycles. The Kier molecular flexibility index (Phi) is 5.42. The number of nitrogens with two attached hydrogens (primary N) is 1. The summed E-state index contributed by atoms with van der Waals surface area (Å²) in [4.78, 5) is 2.48. The molecule has 5 nitrogen and oxygen atoms in total. The van der Waals surface area contributed by atoms with Gasteiger partial charge < -0.3 is 19.9 Å². The number of methoxy groups -OCH3 is 2. The standard InChI is InChI=1S/C15H30N2O3/c1-11(2)12-7-15(10-16,5-6-20-12)17-8-13(18-3)14(9-17)19-4/h11-14H,5-10,16H2,1-4H3. The van der Waals surface area contributed by atoms with E-state index in [9.17, 15) is 0 Å². The fourth-order valence-corrected chi connectivity index (χ4v) is 3.55. The van der Waals surface area contributed by atoms with Crippen molar-refractivity contribution in [2.24, 2.45) is 11.7 Å². The van der Waals surface area contributed by atoms with Crippen molar-refractivity contribution in [3.05, 3.63) is 0 Å². The highest BCUT2D eigenvalue weighted by Gasteiger charge is 2.47. The number of hydrogen-bond donors (Lipinski definition) is 1. The summed E-state index contributed by atoms with van der Waals surface area (Å²) in [5, 5.41) is 0. The van der Waals surface area contributed by atoms with Crippen LogP contribution in [0.2, 0.25) is 0 Å². The molecule has 5 heteroatoms. The van der Waals surface area contributed by atoms with E-state index in [1.165, 1.54) is 0 Å². The number of hydrogen-bond acceptors (Lipinski definition) is 5. The zero-order valence-corrected chi connectivity index (χ0v) is 13.3. The molecule has 2 aliphatic rings. The fourth-order valence-electron chi connectivity index (χ4n) is 3.55. The maximum Gasteiger partial charge on any atom is 0.0972 e. The number of ether oxygens (including phenoxy) is 3. The molecule has 0 spiro atoms. The largest absolute Gasteiger partial charge is 0.378 e. The Balaban J connectivity index is 2.11. The highest BCUT2D eigenvalue weighted by Crippen LogP contribution is 2.36. The topological polar surface area (TPSA) is 57.0 Å². The molecule has 2 fully saturated rings. The molecule has 0 aromatic rings. The number of rotatable bonds is 5. The van der Waals surface area contributed by atoms with E-state index < -0.39 is 0 Å². The van der Waals surface area contributed by atoms with Crippen molar-refractivity contribution < 1.29 is 14.2 Å². The Morgan fingerprint density at radius 3 is 2.30 bits per heavy atom. The van der Waals surface area contributed by atoms with Gasteiger partial charge in [0.15, 0.2) is 0 Å². The van der Waals surface area contributed by atoms with Gasteiger partial charge in [-0.05, 0) is 18.8 Å². The van der Waals surface area contributed by atoms with Gasteiger partial charge in [0.25, 0.3) is 0 Å². The van der Waals surface area contributed by atoms with Crippen LogP contribution >= 0.6 is 0 Å². The van der Waals surface area contributed by atoms with E-state index in [0.29, 0.717) is 18.6 Å². The first-order valence-electron chi connectivity index (χ1n) is 7.68. The lowest BCUT2D eigenvalue weighted by molar-refractivity contribution is -0.0853. The Labute approximate surface area is 122 Å². The summed E-state index contributed by atoms with van der Waals surface area (Å²) in [7, 11) is 3.52. The van der Waals surface area contributed by atoms with Crippen molar-refractivity contribution in [3.8, 4) is 0 Å². The lowest BCUT2D eigenvalue weighted by Crippen LogP contribution is -2.58. The quantitative estimate of drug-likeness (QED) is 0.812. The van der Waals surface area contributed by atoms with Gasteiger partial charge in [0.05, 0.1) is 18.3 Å². The predicted molar refractivity (Wildman–Crippen MR) is 78.8 cm³/mol. The zero-order chi connectivity index (χ0) is 14.8. The van der Waals surface area contributed by atoms with E-state index in [-0.39, 0.29) is 17.7 Å². The Morgan fingerprint density at radius 1 is 1.25 bits per heavy atom. The summed E-state index contributed by atoms with van der Waals surface area (Å²) in [5.74, 6) is 0.528. The van der Waals surface area contributed by atoms with Gasteiger partial charge in [-0.25, -0.2) is 0 Å². The molecule has 118 valence electrons. The van der Waals surface area contributed by atoms with Crippen LogP contribution in [0.15, 0.2) is 0 Å². The number of likely N-dealkylation sites (tertiary alicyclic amines) is 1. The van der Waals surface area contributed by atoms with Crippen molar-refractivity contribution in [2.75, 3.05) is 40.5 Å². The lowest BCUT2D eigenvalue weighted by atomic mass is 9.82. The van der Waals surface area contributed by atoms with E-state index in [2.05, 4.69) is 18.7 Å². The van der Waals surface area contributed by atoms with Gasteiger partial charge in [0, 0.05) is 46.0 Å². The highest BCUT2D eigenvalue weighted by atomic mass is 16.5. The minimum absolute atomic E-state index is 0.0389. The SMILES string of the molecule is COC1CN(C2(CN)CCOC(C(C)C)C2)CC1OC. The van der Waals surface area contributed by atoms with Gasteiger partial charge >= 0.3 is 0 Å². The van der Waals surface area contributed by atoms with Crippen molar-refractivity contribution in [1.82, 2.24) is 4.90 Å². The van der Waals surface area contributed by atoms with E-state index in [1.54, 1.807) is 14.2 Å². The van der Waals surface area contributed by atoms with Crippen LogP contribution < -0.4 is 5.73 Å². The maximum absolute atomic E-state index is 6.18. The highest BCUT2D eigenvalue weighted by molar-refractivity contribution is 5.02. The molecule has 4 atom stereocenters. The molecule has 0 aliphatic carbocycles. The summed E-state index contributed by atoms with van der Waals surface area (Å²) in [6.45, 7) is 7.71. The average Bonchev–Trinajstić information content (AvgIpc) is 2.91. The summed E-state index contributed by atoms with van der Waals surface area (Å²) in [6.07, 6.45) is 2.59. The summed E-state index contributed by atoms with van der Waals surface area (Å²) < 4.78 is 17.0. The van der Waals surface area contributed by atoms with Gasteiger partial charge in [-0.2, -0.15) is 0 Å². The third-order valence-electron chi connectivity index (χ3n) is 5.10. The molecule has 2 N–H and O–H groups in total. The fraction of sp³-hybridized carbons (Fsp3) is 1.00. The Morgan fingerprint density at radius 2 is 1.85 bits per heavy atom. The van der Waals surface area contributed by atoms with Crippen LogP contribution in [-0.2, 0) is 14.2 Å². The summed E-state index contributed by atoms with van der Waals surface area (Å²) >= 11 is 0. The van der Waals surface area contributed by atoms with Crippen LogP contribution in [-0.4, -0.2) is 69.2 Å². The number of nitrogens with zero attached hydrogens (tertiary/aromatic N) is 1. The molecule has 0 amide bonds. The molecular weight excluding hydrogens is 256 g/mol. The van der Waals surface area contributed by atoms with Gasteiger partial charge in [0.2, 0.25) is 0 Å². The minimum atomic E-state index is 0.0389. The molecule has 20 heavy (non-hydrogen) atoms. The lowest BCUT2D eigenvalue weighted by Gasteiger charge is -2.47. The smallest absolute Gasteiger partial charge is 0.0972 e. The minimum Gasteiger partial charge on any atom is -0.378 e. The monoisotopic (exact) mass is 286 g/mol. The Bertz CT molecular complexity index is 301. The van der Waals surface area contributed by atoms with Crippen molar-refractivity contribution in [1.29, 1.82) is 0 Å². The first kappa shape index (κ1) is 16.2. The van der Waals surface area contributed by atoms with E-state index in [4.69, 9.17) is 19.9 Å². The van der Waals surface area contributed by atoms with Gasteiger partial charge in [-0.3, -0.25) is 4.90 Å². The van der Waals surface area contributed by atoms with Crippen LogP contribution in [0, 0.1) is 5.92 Å². The average molecular weight is 286 g/mol. The van der Waals surface area contributed by atoms with Crippen molar-refractivity contribution in [3.63, 3.8) is 0 Å². The molecular formula is C15H30N2O3. The normalized spacial score (nSPS) is 39.6. The van der Waals surface area contributed by atoms with Gasteiger partial charge in [-0.15, -0.1) is 0 Å². The van der Waals surface area contributed by atoms with E-state index >= 15 is 0 Å². The van der Waals surface area contributed by atoms with Crippen molar-refractivity contribution in [2.45, 2.75) is 50.5 Å². The van der Waals surface area contributed by atoms with Crippen LogP contribution in [0.3, 0.4) is 0 Å². The second-order valence-electron chi connectivity index (χ2n) is 6.49.